The maximum absolute atomic E-state index is 12.9. The summed E-state index contributed by atoms with van der Waals surface area (Å²) < 4.78 is 1.72. The highest BCUT2D eigenvalue weighted by molar-refractivity contribution is 6.02. The first-order valence-corrected chi connectivity index (χ1v) is 8.56. The maximum Gasteiger partial charge on any atom is 0.249 e. The monoisotopic (exact) mass is 337 g/mol. The van der Waals surface area contributed by atoms with E-state index in [-0.39, 0.29) is 11.9 Å². The number of hydrogen-bond acceptors (Lipinski definition) is 4. The third-order valence-electron chi connectivity index (χ3n) is 4.53. The lowest BCUT2D eigenvalue weighted by Crippen LogP contribution is -2.34. The summed E-state index contributed by atoms with van der Waals surface area (Å²) in [6, 6.07) is 7.92. The van der Waals surface area contributed by atoms with Gasteiger partial charge in [-0.2, -0.15) is 10.4 Å². The summed E-state index contributed by atoms with van der Waals surface area (Å²) in [5.41, 5.74) is 4.50. The molecule has 0 bridgehead atoms. The topological polar surface area (TPSA) is 73.9 Å². The molecule has 0 saturated carbocycles. The van der Waals surface area contributed by atoms with Gasteiger partial charge >= 0.3 is 0 Å². The van der Waals surface area contributed by atoms with E-state index >= 15 is 0 Å². The zero-order chi connectivity index (χ0) is 18.0. The van der Waals surface area contributed by atoms with Crippen molar-refractivity contribution in [3.63, 3.8) is 0 Å². The summed E-state index contributed by atoms with van der Waals surface area (Å²) in [5, 5.41) is 16.2. The van der Waals surface area contributed by atoms with E-state index in [0.29, 0.717) is 25.3 Å². The summed E-state index contributed by atoms with van der Waals surface area (Å²) in [6.45, 7) is 7.45. The van der Waals surface area contributed by atoms with Crippen molar-refractivity contribution in [2.75, 3.05) is 16.8 Å². The highest BCUT2D eigenvalue weighted by atomic mass is 16.2. The van der Waals surface area contributed by atoms with Crippen LogP contribution in [0.3, 0.4) is 0 Å². The first-order valence-electron chi connectivity index (χ1n) is 8.56. The van der Waals surface area contributed by atoms with Gasteiger partial charge in [-0.05, 0) is 38.3 Å². The van der Waals surface area contributed by atoms with Gasteiger partial charge in [0, 0.05) is 24.5 Å². The Kier molecular flexibility index (Phi) is 4.75. The molecule has 1 aliphatic rings. The second-order valence-electron chi connectivity index (χ2n) is 6.59. The van der Waals surface area contributed by atoms with Crippen LogP contribution in [0.5, 0.6) is 0 Å². The summed E-state index contributed by atoms with van der Waals surface area (Å²) >= 11 is 0. The van der Waals surface area contributed by atoms with Crippen LogP contribution in [0.25, 0.3) is 0 Å². The van der Waals surface area contributed by atoms with Gasteiger partial charge in [-0.25, -0.2) is 0 Å². The van der Waals surface area contributed by atoms with E-state index in [1.54, 1.807) is 4.68 Å². The molecule has 1 N–H and O–H groups in total. The molecule has 1 atom stereocenters. The van der Waals surface area contributed by atoms with Gasteiger partial charge in [-0.3, -0.25) is 9.48 Å². The first-order chi connectivity index (χ1) is 12.0. The number of nitrogens with one attached hydrogen (secondary N) is 1. The van der Waals surface area contributed by atoms with Crippen LogP contribution in [0.1, 0.15) is 29.5 Å². The van der Waals surface area contributed by atoms with Crippen molar-refractivity contribution < 1.29 is 4.79 Å². The van der Waals surface area contributed by atoms with E-state index in [1.807, 2.05) is 17.2 Å². The highest BCUT2D eigenvalue weighted by Crippen LogP contribution is 2.30. The third kappa shape index (κ3) is 3.50. The predicted octanol–water partition coefficient (Wildman–Crippen LogP) is 2.94. The molecule has 1 aromatic carbocycles. The fourth-order valence-electron chi connectivity index (χ4n) is 3.54. The molecule has 130 valence electrons. The number of anilines is 2. The highest BCUT2D eigenvalue weighted by Gasteiger charge is 2.34. The van der Waals surface area contributed by atoms with Crippen LogP contribution in [0.15, 0.2) is 24.4 Å². The van der Waals surface area contributed by atoms with Gasteiger partial charge < -0.3 is 10.2 Å². The van der Waals surface area contributed by atoms with E-state index in [9.17, 15) is 4.79 Å². The number of rotatable bonds is 5. The van der Waals surface area contributed by atoms with Gasteiger partial charge in [0.25, 0.3) is 0 Å². The number of nitriles is 1. The zero-order valence-corrected chi connectivity index (χ0v) is 14.9. The van der Waals surface area contributed by atoms with Crippen molar-refractivity contribution in [1.82, 2.24) is 9.78 Å². The Morgan fingerprint density at radius 3 is 2.72 bits per heavy atom. The summed E-state index contributed by atoms with van der Waals surface area (Å²) in [7, 11) is 0. The number of aromatic nitrogens is 2. The Balaban J connectivity index is 1.72. The SMILES string of the molecule is Cc1cc(C)c(N2CCC(Nc3ccn(CCC#N)n3)C2=O)c(C)c1. The molecule has 6 heteroatoms. The molecule has 3 rings (SSSR count). The molecule has 1 saturated heterocycles. The number of nitrogens with zero attached hydrogens (tertiary/aromatic N) is 4. The molecule has 1 aromatic heterocycles. The molecular weight excluding hydrogens is 314 g/mol. The number of carbonyl (C=O) groups excluding carboxylic acids is 1. The number of carbonyl (C=O) groups is 1. The van der Waals surface area contributed by atoms with Crippen LogP contribution in [-0.2, 0) is 11.3 Å². The molecule has 2 heterocycles. The standard InChI is InChI=1S/C19H23N5O/c1-13-11-14(2)18(15(3)12-13)24-10-5-16(19(24)25)21-17-6-9-23(22-17)8-4-7-20/h6,9,11-12,16H,4-5,8,10H2,1-3H3,(H,21,22). The third-order valence-corrected chi connectivity index (χ3v) is 4.53. The van der Waals surface area contributed by atoms with Crippen LogP contribution in [-0.4, -0.2) is 28.3 Å². The van der Waals surface area contributed by atoms with Crippen molar-refractivity contribution >= 4 is 17.4 Å². The molecule has 2 aromatic rings. The normalized spacial score (nSPS) is 17.0. The Labute approximate surface area is 148 Å². The summed E-state index contributed by atoms with van der Waals surface area (Å²) in [5.74, 6) is 0.761. The van der Waals surface area contributed by atoms with Gasteiger partial charge in [0.2, 0.25) is 5.91 Å². The van der Waals surface area contributed by atoms with Crippen molar-refractivity contribution in [2.45, 2.75) is 46.2 Å². The van der Waals surface area contributed by atoms with E-state index in [4.69, 9.17) is 5.26 Å². The van der Waals surface area contributed by atoms with Gasteiger partial charge in [0.15, 0.2) is 0 Å². The Morgan fingerprint density at radius 1 is 1.32 bits per heavy atom. The van der Waals surface area contributed by atoms with Gasteiger partial charge in [-0.15, -0.1) is 0 Å². The van der Waals surface area contributed by atoms with E-state index in [1.165, 1.54) is 5.56 Å². The smallest absolute Gasteiger partial charge is 0.249 e. The second kappa shape index (κ2) is 6.98. The first kappa shape index (κ1) is 17.0. The lowest BCUT2D eigenvalue weighted by Gasteiger charge is -2.22. The second-order valence-corrected chi connectivity index (χ2v) is 6.59. The molecule has 1 fully saturated rings. The molecule has 25 heavy (non-hydrogen) atoms. The van der Waals surface area contributed by atoms with Gasteiger partial charge in [0.05, 0.1) is 19.0 Å². The van der Waals surface area contributed by atoms with Crippen molar-refractivity contribution in [2.24, 2.45) is 0 Å². The quantitative estimate of drug-likeness (QED) is 0.910. The molecule has 1 aliphatic heterocycles. The minimum atomic E-state index is -0.264. The van der Waals surface area contributed by atoms with Crippen molar-refractivity contribution in [1.29, 1.82) is 5.26 Å². The lowest BCUT2D eigenvalue weighted by atomic mass is 10.0. The van der Waals surface area contributed by atoms with E-state index in [2.05, 4.69) is 49.4 Å². The van der Waals surface area contributed by atoms with E-state index < -0.39 is 0 Å². The van der Waals surface area contributed by atoms with E-state index in [0.717, 1.165) is 23.2 Å². The number of benzene rings is 1. The van der Waals surface area contributed by atoms with Crippen LogP contribution in [0.4, 0.5) is 11.5 Å². The van der Waals surface area contributed by atoms with Crippen LogP contribution in [0, 0.1) is 32.1 Å². The average Bonchev–Trinajstić information content (AvgIpc) is 3.14. The minimum absolute atomic E-state index is 0.0848. The Bertz CT molecular complexity index is 810. The molecule has 1 unspecified atom stereocenters. The largest absolute Gasteiger partial charge is 0.357 e. The summed E-state index contributed by atoms with van der Waals surface area (Å²) in [4.78, 5) is 14.7. The molecule has 0 radical (unpaired) electrons. The number of hydrogen-bond donors (Lipinski definition) is 1. The van der Waals surface area contributed by atoms with Crippen LogP contribution < -0.4 is 10.2 Å². The fourth-order valence-corrected chi connectivity index (χ4v) is 3.54. The lowest BCUT2D eigenvalue weighted by molar-refractivity contribution is -0.117. The molecule has 0 spiro atoms. The van der Waals surface area contributed by atoms with Crippen molar-refractivity contribution in [3.8, 4) is 6.07 Å². The minimum Gasteiger partial charge on any atom is -0.357 e. The molecule has 0 aliphatic carbocycles. The Morgan fingerprint density at radius 2 is 2.04 bits per heavy atom. The maximum atomic E-state index is 12.9. The fraction of sp³-hybridized carbons (Fsp3) is 0.421. The molecular formula is C19H23N5O. The van der Waals surface area contributed by atoms with Gasteiger partial charge in [-0.1, -0.05) is 17.7 Å². The zero-order valence-electron chi connectivity index (χ0n) is 14.9. The summed E-state index contributed by atoms with van der Waals surface area (Å²) in [6.07, 6.45) is 2.99. The number of amides is 1. The predicted molar refractivity (Wildman–Crippen MR) is 97.5 cm³/mol. The molecule has 6 nitrogen and oxygen atoms in total. The van der Waals surface area contributed by atoms with Crippen LogP contribution in [0.2, 0.25) is 0 Å². The molecule has 1 amide bonds. The Hall–Kier alpha value is -2.81. The average molecular weight is 337 g/mol. The van der Waals surface area contributed by atoms with Crippen LogP contribution >= 0.6 is 0 Å². The van der Waals surface area contributed by atoms with Crippen molar-refractivity contribution in [3.05, 3.63) is 41.1 Å². The number of aryl methyl sites for hydroxylation is 4. The van der Waals surface area contributed by atoms with Gasteiger partial charge in [0.1, 0.15) is 11.9 Å².